The van der Waals surface area contributed by atoms with Crippen LogP contribution in [-0.2, 0) is 27.3 Å². The number of nitrogens with two attached hydrogens (primary N) is 1. The predicted molar refractivity (Wildman–Crippen MR) is 181 cm³/mol. The van der Waals surface area contributed by atoms with Crippen molar-refractivity contribution in [1.29, 1.82) is 0 Å². The summed E-state index contributed by atoms with van der Waals surface area (Å²) in [6, 6.07) is 26.8. The van der Waals surface area contributed by atoms with Gasteiger partial charge >= 0.3 is 18.0 Å². The van der Waals surface area contributed by atoms with Gasteiger partial charge in [0.25, 0.3) is 0 Å². The first-order valence-electron chi connectivity index (χ1n) is 15.3. The maximum Gasteiger partial charge on any atom is 0.408 e. The number of rotatable bonds is 12. The maximum atomic E-state index is 13.8. The number of carboxylic acids is 1. The highest BCUT2D eigenvalue weighted by Crippen LogP contribution is 2.19. The molecule has 0 saturated heterocycles. The Kier molecular flexibility index (Phi) is 13.8. The lowest BCUT2D eigenvalue weighted by atomic mass is 9.93. The third-order valence-corrected chi connectivity index (χ3v) is 7.20. The summed E-state index contributed by atoms with van der Waals surface area (Å²) in [5.74, 6) is -2.56. The summed E-state index contributed by atoms with van der Waals surface area (Å²) in [5, 5.41) is 10.5. The number of Topliss-reactive ketones (excluding diaryl/α,β-unsaturated/α-hetero) is 2. The van der Waals surface area contributed by atoms with E-state index in [0.29, 0.717) is 5.56 Å². The number of ketones is 2. The van der Waals surface area contributed by atoms with E-state index in [4.69, 9.17) is 20.3 Å². The van der Waals surface area contributed by atoms with Crippen molar-refractivity contribution in [3.05, 3.63) is 142 Å². The minimum atomic E-state index is -1.01. The molecule has 0 bridgehead atoms. The fourth-order valence-corrected chi connectivity index (χ4v) is 4.88. The number of aryl methyl sites for hydroxylation is 3. The smallest absolute Gasteiger partial charge is 0.408 e. The summed E-state index contributed by atoms with van der Waals surface area (Å²) < 4.78 is 10.8. The fourth-order valence-electron chi connectivity index (χ4n) is 4.88. The third-order valence-electron chi connectivity index (χ3n) is 7.20. The van der Waals surface area contributed by atoms with Crippen molar-refractivity contribution >= 4 is 29.6 Å². The van der Waals surface area contributed by atoms with Gasteiger partial charge < -0.3 is 25.6 Å². The molecule has 1 unspecified atom stereocenters. The molecule has 10 heteroatoms. The van der Waals surface area contributed by atoms with Crippen molar-refractivity contribution in [3.63, 3.8) is 0 Å². The van der Waals surface area contributed by atoms with Crippen molar-refractivity contribution in [1.82, 2.24) is 5.32 Å². The van der Waals surface area contributed by atoms with E-state index < -0.39 is 48.3 Å². The Morgan fingerprint density at radius 1 is 0.750 bits per heavy atom. The van der Waals surface area contributed by atoms with E-state index in [1.54, 1.807) is 12.1 Å². The second-order valence-corrected chi connectivity index (χ2v) is 11.3. The van der Waals surface area contributed by atoms with Gasteiger partial charge in [-0.3, -0.25) is 14.4 Å². The molecule has 0 spiro atoms. The Balaban J connectivity index is 0.000000952. The van der Waals surface area contributed by atoms with Crippen LogP contribution in [0.4, 0.5) is 4.79 Å². The summed E-state index contributed by atoms with van der Waals surface area (Å²) in [6.45, 7) is 6.50. The number of carbonyl (C=O) groups excluding carboxylic acids is 4. The number of hydrogen-bond acceptors (Lipinski definition) is 8. The summed E-state index contributed by atoms with van der Waals surface area (Å²) in [6.07, 6.45) is -0.571. The Labute approximate surface area is 279 Å². The molecule has 4 rings (SSSR count). The van der Waals surface area contributed by atoms with Crippen LogP contribution >= 0.6 is 0 Å². The minimum absolute atomic E-state index is 0.0410. The lowest BCUT2D eigenvalue weighted by Gasteiger charge is -2.19. The quantitative estimate of drug-likeness (QED) is 0.127. The number of ether oxygens (including phenoxy) is 2. The van der Waals surface area contributed by atoms with E-state index in [1.165, 1.54) is 19.1 Å². The summed E-state index contributed by atoms with van der Waals surface area (Å²) in [4.78, 5) is 62.3. The van der Waals surface area contributed by atoms with Gasteiger partial charge in [-0.1, -0.05) is 103 Å². The highest BCUT2D eigenvalue weighted by Gasteiger charge is 2.27. The Morgan fingerprint density at radius 2 is 1.25 bits per heavy atom. The minimum Gasteiger partial charge on any atom is -0.480 e. The number of esters is 1. The highest BCUT2D eigenvalue weighted by atomic mass is 16.5. The average molecular weight is 653 g/mol. The van der Waals surface area contributed by atoms with Crippen molar-refractivity contribution in [3.8, 4) is 0 Å². The summed E-state index contributed by atoms with van der Waals surface area (Å²) in [5.41, 5.74) is 9.63. The van der Waals surface area contributed by atoms with Crippen molar-refractivity contribution < 1.29 is 38.6 Å². The molecule has 0 aliphatic rings. The van der Waals surface area contributed by atoms with Crippen LogP contribution in [0.1, 0.15) is 65.8 Å². The van der Waals surface area contributed by atoms with Crippen molar-refractivity contribution in [2.45, 2.75) is 52.8 Å². The Morgan fingerprint density at radius 3 is 1.79 bits per heavy atom. The van der Waals surface area contributed by atoms with E-state index in [0.717, 1.165) is 27.8 Å². The molecule has 10 nitrogen and oxygen atoms in total. The Bertz CT molecular complexity index is 1710. The average Bonchev–Trinajstić information content (AvgIpc) is 3.06. The number of carboxylic acid groups (broad SMARTS) is 1. The summed E-state index contributed by atoms with van der Waals surface area (Å²) >= 11 is 0. The molecular formula is C38H40N2O8. The van der Waals surface area contributed by atoms with Gasteiger partial charge in [0.05, 0.1) is 11.6 Å². The van der Waals surface area contributed by atoms with E-state index >= 15 is 0 Å². The monoisotopic (exact) mass is 652 g/mol. The third kappa shape index (κ3) is 11.0. The fraction of sp³-hybridized carbons (Fsp3) is 0.237. The number of aliphatic carboxylic acids is 1. The Hall–Kier alpha value is -5.61. The zero-order valence-corrected chi connectivity index (χ0v) is 27.4. The zero-order valence-electron chi connectivity index (χ0n) is 27.4. The van der Waals surface area contributed by atoms with Crippen molar-refractivity contribution in [2.75, 3.05) is 6.61 Å². The van der Waals surface area contributed by atoms with E-state index in [1.807, 2.05) is 93.6 Å². The molecule has 0 heterocycles. The molecule has 2 atom stereocenters. The standard InChI is InChI=1S/C35H33NO6.C3H7NO2/c1-23-18-24(2)32(25(3)19-23)34(39)41-22-31(37)28-16-10-11-17-29(28)33(38)30(20-26-12-6-4-7-13-26)36-35(40)42-21-27-14-8-5-9-15-27;1-2(4)3(5)6/h4-19,30H,20-22H2,1-3H3,(H,36,40);2H,4H2,1H3,(H,5,6)/t30-;/m0./s1. The lowest BCUT2D eigenvalue weighted by Crippen LogP contribution is -2.43. The van der Waals surface area contributed by atoms with Gasteiger partial charge in [0.15, 0.2) is 12.4 Å². The first-order chi connectivity index (χ1) is 22.9. The molecule has 48 heavy (non-hydrogen) atoms. The first kappa shape index (κ1) is 36.9. The van der Waals surface area contributed by atoms with Crippen molar-refractivity contribution in [2.24, 2.45) is 5.73 Å². The van der Waals surface area contributed by atoms with Crippen LogP contribution in [-0.4, -0.2) is 53.4 Å². The predicted octanol–water partition coefficient (Wildman–Crippen LogP) is 5.79. The number of benzene rings is 4. The number of carbonyl (C=O) groups is 5. The molecule has 4 aromatic carbocycles. The van der Waals surface area contributed by atoms with Crippen LogP contribution in [0.25, 0.3) is 0 Å². The summed E-state index contributed by atoms with van der Waals surface area (Å²) in [7, 11) is 0. The van der Waals surface area contributed by atoms with E-state index in [9.17, 15) is 24.0 Å². The lowest BCUT2D eigenvalue weighted by molar-refractivity contribution is -0.138. The molecular weight excluding hydrogens is 612 g/mol. The molecule has 250 valence electrons. The van der Waals surface area contributed by atoms with Gasteiger partial charge in [0, 0.05) is 17.5 Å². The molecule has 1 amide bonds. The molecule has 0 aromatic heterocycles. The van der Waals surface area contributed by atoms with Crippen LogP contribution in [0.3, 0.4) is 0 Å². The van der Waals surface area contributed by atoms with Gasteiger partial charge in [0.2, 0.25) is 5.78 Å². The number of amides is 1. The van der Waals surface area contributed by atoms with Crippen LogP contribution in [0, 0.1) is 20.8 Å². The zero-order chi connectivity index (χ0) is 35.2. The SMILES string of the molecule is CC(N)C(=O)O.Cc1cc(C)c(C(=O)OCC(=O)c2ccccc2C(=O)[C@H](Cc2ccccc2)NC(=O)OCc2ccccc2)c(C)c1. The van der Waals surface area contributed by atoms with Gasteiger partial charge in [0.1, 0.15) is 12.6 Å². The molecule has 0 saturated carbocycles. The molecule has 0 fully saturated rings. The molecule has 4 aromatic rings. The molecule has 0 aliphatic carbocycles. The van der Waals surface area contributed by atoms with E-state index in [-0.39, 0.29) is 24.2 Å². The van der Waals surface area contributed by atoms with Crippen LogP contribution in [0.5, 0.6) is 0 Å². The number of nitrogens with one attached hydrogen (secondary N) is 1. The number of alkyl carbamates (subject to hydrolysis) is 1. The normalized spacial score (nSPS) is 11.6. The van der Waals surface area contributed by atoms with Gasteiger partial charge in [-0.05, 0) is 49.9 Å². The van der Waals surface area contributed by atoms with Gasteiger partial charge in [-0.15, -0.1) is 0 Å². The van der Waals surface area contributed by atoms with Crippen LogP contribution in [0.2, 0.25) is 0 Å². The molecule has 0 radical (unpaired) electrons. The van der Waals surface area contributed by atoms with Crippen LogP contribution in [0.15, 0.2) is 97.1 Å². The first-order valence-corrected chi connectivity index (χ1v) is 15.3. The largest absolute Gasteiger partial charge is 0.480 e. The second-order valence-electron chi connectivity index (χ2n) is 11.3. The topological polar surface area (TPSA) is 162 Å². The van der Waals surface area contributed by atoms with Crippen LogP contribution < -0.4 is 11.1 Å². The van der Waals surface area contributed by atoms with Gasteiger partial charge in [-0.25, -0.2) is 9.59 Å². The van der Waals surface area contributed by atoms with E-state index in [2.05, 4.69) is 5.32 Å². The molecule has 0 aliphatic heterocycles. The van der Waals surface area contributed by atoms with Gasteiger partial charge in [-0.2, -0.15) is 0 Å². The molecule has 4 N–H and O–H groups in total. The highest BCUT2D eigenvalue weighted by molar-refractivity contribution is 6.12. The number of hydrogen-bond donors (Lipinski definition) is 3. The second kappa shape index (κ2) is 17.9. The maximum absolute atomic E-state index is 13.8.